The lowest BCUT2D eigenvalue weighted by molar-refractivity contribution is -0.384. The van der Waals surface area contributed by atoms with Crippen molar-refractivity contribution in [2.45, 2.75) is 30.7 Å². The van der Waals surface area contributed by atoms with Gasteiger partial charge in [0.1, 0.15) is 10.9 Å². The van der Waals surface area contributed by atoms with E-state index in [1.165, 1.54) is 0 Å². The molecule has 1 N–H and O–H groups in total. The van der Waals surface area contributed by atoms with E-state index in [9.17, 15) is 18.5 Å². The molecular formula is C11H12ClN3O4S. The zero-order chi connectivity index (χ0) is 15.3. The second-order valence-electron chi connectivity index (χ2n) is 3.96. The first-order valence-corrected chi connectivity index (χ1v) is 7.53. The molecule has 0 saturated carbocycles. The van der Waals surface area contributed by atoms with Crippen LogP contribution in [-0.4, -0.2) is 19.4 Å². The molecule has 0 radical (unpaired) electrons. The Morgan fingerprint density at radius 1 is 1.55 bits per heavy atom. The molecule has 1 atom stereocenters. The predicted molar refractivity (Wildman–Crippen MR) is 72.7 cm³/mol. The van der Waals surface area contributed by atoms with E-state index in [0.717, 1.165) is 18.2 Å². The van der Waals surface area contributed by atoms with Crippen molar-refractivity contribution in [1.29, 1.82) is 5.26 Å². The van der Waals surface area contributed by atoms with Gasteiger partial charge >= 0.3 is 0 Å². The summed E-state index contributed by atoms with van der Waals surface area (Å²) in [6, 6.07) is 4.02. The fourth-order valence-corrected chi connectivity index (χ4v) is 3.22. The molecule has 7 nitrogen and oxygen atoms in total. The lowest BCUT2D eigenvalue weighted by Gasteiger charge is -2.12. The molecule has 1 aromatic carbocycles. The third-order valence-corrected chi connectivity index (χ3v) is 4.40. The van der Waals surface area contributed by atoms with E-state index in [1.807, 2.05) is 13.0 Å². The molecule has 1 aromatic rings. The number of hydrogen-bond donors (Lipinski definition) is 1. The number of non-ortho nitro benzene ring substituents is 1. The molecule has 0 aliphatic heterocycles. The van der Waals surface area contributed by atoms with Gasteiger partial charge in [-0.05, 0) is 12.5 Å². The Balaban J connectivity index is 3.10. The van der Waals surface area contributed by atoms with Gasteiger partial charge in [0.2, 0.25) is 10.0 Å². The van der Waals surface area contributed by atoms with E-state index in [4.69, 9.17) is 16.9 Å². The van der Waals surface area contributed by atoms with Crippen LogP contribution in [0.25, 0.3) is 0 Å². The topological polar surface area (TPSA) is 113 Å². The fourth-order valence-electron chi connectivity index (χ4n) is 1.51. The maximum absolute atomic E-state index is 12.1. The van der Waals surface area contributed by atoms with Crippen molar-refractivity contribution in [3.63, 3.8) is 0 Å². The predicted octanol–water partition coefficient (Wildman–Crippen LogP) is 2.22. The Kier molecular flexibility index (Phi) is 5.44. The minimum absolute atomic E-state index is 0.264. The standard InChI is InChI=1S/C11H12ClN3O4S/c1-2-3-8(7-13)14-20(18,19)11-5-4-9(15(16)17)6-10(11)12/h4-6,8,14H,2-3H2,1H3. The molecule has 9 heteroatoms. The molecular weight excluding hydrogens is 306 g/mol. The summed E-state index contributed by atoms with van der Waals surface area (Å²) < 4.78 is 26.3. The molecule has 0 amide bonds. The normalized spacial score (nSPS) is 12.7. The second kappa shape index (κ2) is 6.65. The molecule has 0 fully saturated rings. The highest BCUT2D eigenvalue weighted by atomic mass is 35.5. The van der Waals surface area contributed by atoms with Gasteiger partial charge in [-0.2, -0.15) is 9.98 Å². The molecule has 0 aliphatic carbocycles. The van der Waals surface area contributed by atoms with Gasteiger partial charge in [0.25, 0.3) is 5.69 Å². The van der Waals surface area contributed by atoms with Crippen LogP contribution < -0.4 is 4.72 Å². The van der Waals surface area contributed by atoms with E-state index in [2.05, 4.69) is 4.72 Å². The highest BCUT2D eigenvalue weighted by Gasteiger charge is 2.23. The van der Waals surface area contributed by atoms with Gasteiger partial charge in [0.15, 0.2) is 0 Å². The Morgan fingerprint density at radius 3 is 2.65 bits per heavy atom. The summed E-state index contributed by atoms with van der Waals surface area (Å²) in [7, 11) is -3.99. The molecule has 0 aromatic heterocycles. The van der Waals surface area contributed by atoms with E-state index < -0.39 is 21.0 Å². The van der Waals surface area contributed by atoms with Crippen LogP contribution >= 0.6 is 11.6 Å². The molecule has 20 heavy (non-hydrogen) atoms. The Hall–Kier alpha value is -1.69. The average Bonchev–Trinajstić information content (AvgIpc) is 2.37. The minimum atomic E-state index is -3.99. The van der Waals surface area contributed by atoms with Gasteiger partial charge in [0.05, 0.1) is 16.0 Å². The summed E-state index contributed by atoms with van der Waals surface area (Å²) >= 11 is 5.76. The van der Waals surface area contributed by atoms with E-state index in [1.54, 1.807) is 0 Å². The Bertz CT molecular complexity index is 654. The van der Waals surface area contributed by atoms with E-state index in [-0.39, 0.29) is 15.6 Å². The summed E-state index contributed by atoms with van der Waals surface area (Å²) in [6.07, 6.45) is 0.995. The van der Waals surface area contributed by atoms with E-state index in [0.29, 0.717) is 12.8 Å². The van der Waals surface area contributed by atoms with Gasteiger partial charge in [-0.25, -0.2) is 8.42 Å². The smallest absolute Gasteiger partial charge is 0.258 e. The van der Waals surface area contributed by atoms with Crippen molar-refractivity contribution in [1.82, 2.24) is 4.72 Å². The van der Waals surface area contributed by atoms with Gasteiger partial charge in [-0.15, -0.1) is 0 Å². The number of rotatable bonds is 6. The SMILES string of the molecule is CCCC(C#N)NS(=O)(=O)c1ccc([N+](=O)[O-])cc1Cl. The fraction of sp³-hybridized carbons (Fsp3) is 0.364. The third-order valence-electron chi connectivity index (χ3n) is 2.45. The van der Waals surface area contributed by atoms with Crippen LogP contribution in [0.15, 0.2) is 23.1 Å². The van der Waals surface area contributed by atoms with Crippen LogP contribution in [0.4, 0.5) is 5.69 Å². The van der Waals surface area contributed by atoms with Crippen LogP contribution in [0.1, 0.15) is 19.8 Å². The molecule has 0 bridgehead atoms. The van der Waals surface area contributed by atoms with Crippen molar-refractivity contribution < 1.29 is 13.3 Å². The summed E-state index contributed by atoms with van der Waals surface area (Å²) in [5.41, 5.74) is -0.306. The van der Waals surface area contributed by atoms with Crippen molar-refractivity contribution in [3.8, 4) is 6.07 Å². The van der Waals surface area contributed by atoms with Crippen molar-refractivity contribution >= 4 is 27.3 Å². The van der Waals surface area contributed by atoms with Gasteiger partial charge in [0, 0.05) is 12.1 Å². The van der Waals surface area contributed by atoms with E-state index >= 15 is 0 Å². The number of sulfonamides is 1. The second-order valence-corrected chi connectivity index (χ2v) is 6.05. The number of nitrogens with one attached hydrogen (secondary N) is 1. The number of nitro groups is 1. The van der Waals surface area contributed by atoms with Crippen molar-refractivity contribution in [2.24, 2.45) is 0 Å². The van der Waals surface area contributed by atoms with Crippen LogP contribution in [0.5, 0.6) is 0 Å². The number of hydrogen-bond acceptors (Lipinski definition) is 5. The molecule has 108 valence electrons. The number of benzene rings is 1. The van der Waals surface area contributed by atoms with Gasteiger partial charge in [-0.3, -0.25) is 10.1 Å². The number of halogens is 1. The van der Waals surface area contributed by atoms with Crippen LogP contribution in [-0.2, 0) is 10.0 Å². The first-order chi connectivity index (χ1) is 9.31. The molecule has 0 spiro atoms. The lowest BCUT2D eigenvalue weighted by Crippen LogP contribution is -2.33. The highest BCUT2D eigenvalue weighted by molar-refractivity contribution is 7.89. The first-order valence-electron chi connectivity index (χ1n) is 5.67. The van der Waals surface area contributed by atoms with Gasteiger partial charge in [-0.1, -0.05) is 24.9 Å². The zero-order valence-electron chi connectivity index (χ0n) is 10.5. The summed E-state index contributed by atoms with van der Waals surface area (Å²) in [5.74, 6) is 0. The summed E-state index contributed by atoms with van der Waals surface area (Å²) in [6.45, 7) is 1.82. The average molecular weight is 318 g/mol. The van der Waals surface area contributed by atoms with Crippen LogP contribution in [0.2, 0.25) is 5.02 Å². The Labute approximate surface area is 121 Å². The third kappa shape index (κ3) is 3.90. The quantitative estimate of drug-likeness (QED) is 0.638. The highest BCUT2D eigenvalue weighted by Crippen LogP contribution is 2.26. The van der Waals surface area contributed by atoms with Crippen LogP contribution in [0, 0.1) is 21.4 Å². The van der Waals surface area contributed by atoms with Crippen LogP contribution in [0.3, 0.4) is 0 Å². The summed E-state index contributed by atoms with van der Waals surface area (Å²) in [4.78, 5) is 9.60. The first kappa shape index (κ1) is 16.4. The van der Waals surface area contributed by atoms with Gasteiger partial charge < -0.3 is 0 Å². The van der Waals surface area contributed by atoms with Crippen molar-refractivity contribution in [2.75, 3.05) is 0 Å². The number of nitriles is 1. The molecule has 0 aliphatic rings. The number of nitro benzene ring substituents is 1. The largest absolute Gasteiger partial charge is 0.271 e. The molecule has 0 heterocycles. The maximum atomic E-state index is 12.1. The maximum Gasteiger partial charge on any atom is 0.271 e. The van der Waals surface area contributed by atoms with Crippen molar-refractivity contribution in [3.05, 3.63) is 33.3 Å². The minimum Gasteiger partial charge on any atom is -0.258 e. The molecule has 0 saturated heterocycles. The summed E-state index contributed by atoms with van der Waals surface area (Å²) in [5, 5.41) is 19.2. The molecule has 1 unspecified atom stereocenters. The number of nitrogens with zero attached hydrogens (tertiary/aromatic N) is 2. The lowest BCUT2D eigenvalue weighted by atomic mass is 10.2. The monoisotopic (exact) mass is 317 g/mol. The Morgan fingerprint density at radius 2 is 2.20 bits per heavy atom. The zero-order valence-corrected chi connectivity index (χ0v) is 12.1. The molecule has 1 rings (SSSR count).